The molecule has 1 atom stereocenters. The maximum absolute atomic E-state index is 12.2. The van der Waals surface area contributed by atoms with Gasteiger partial charge in [-0.05, 0) is 18.6 Å². The molecular formula is C12H16Cl2F3N3O2. The summed E-state index contributed by atoms with van der Waals surface area (Å²) < 4.78 is 41.1. The Morgan fingerprint density at radius 1 is 1.45 bits per heavy atom. The summed E-state index contributed by atoms with van der Waals surface area (Å²) in [6, 6.07) is 2.77. The first-order valence-corrected chi connectivity index (χ1v) is 6.06. The van der Waals surface area contributed by atoms with Gasteiger partial charge in [0.05, 0.1) is 0 Å². The van der Waals surface area contributed by atoms with Crippen molar-refractivity contribution in [2.24, 2.45) is 5.73 Å². The van der Waals surface area contributed by atoms with Crippen molar-refractivity contribution in [1.82, 2.24) is 9.88 Å². The van der Waals surface area contributed by atoms with E-state index in [4.69, 9.17) is 5.73 Å². The highest BCUT2D eigenvalue weighted by atomic mass is 35.5. The number of alkyl halides is 3. The number of nitrogens with zero attached hydrogens (tertiary/aromatic N) is 2. The van der Waals surface area contributed by atoms with Crippen molar-refractivity contribution in [1.29, 1.82) is 0 Å². The van der Waals surface area contributed by atoms with Gasteiger partial charge in [-0.15, -0.1) is 24.8 Å². The minimum atomic E-state index is -4.48. The van der Waals surface area contributed by atoms with E-state index in [-0.39, 0.29) is 42.3 Å². The molecule has 0 spiro atoms. The number of ether oxygens (including phenoxy) is 1. The third kappa shape index (κ3) is 5.51. The number of aromatic nitrogens is 1. The van der Waals surface area contributed by atoms with E-state index in [9.17, 15) is 18.0 Å². The van der Waals surface area contributed by atoms with E-state index in [2.05, 4.69) is 9.72 Å². The molecule has 5 nitrogen and oxygen atoms in total. The molecule has 0 saturated carbocycles. The summed E-state index contributed by atoms with van der Waals surface area (Å²) in [6.07, 6.45) is -2.53. The summed E-state index contributed by atoms with van der Waals surface area (Å²) in [5.41, 5.74) is 5.72. The van der Waals surface area contributed by atoms with Crippen LogP contribution in [0.2, 0.25) is 0 Å². The SMILES string of the molecule is Cl.Cl.N[C@@H]1CCN(C(=O)c2cccnc2OCC(F)(F)F)C1. The zero-order chi connectivity index (χ0) is 14.8. The van der Waals surface area contributed by atoms with Crippen LogP contribution in [-0.2, 0) is 0 Å². The van der Waals surface area contributed by atoms with Crippen LogP contribution in [0.15, 0.2) is 18.3 Å². The fourth-order valence-electron chi connectivity index (χ4n) is 1.96. The normalized spacial score (nSPS) is 17.5. The number of carbonyl (C=O) groups is 1. The summed E-state index contributed by atoms with van der Waals surface area (Å²) in [5, 5.41) is 0. The monoisotopic (exact) mass is 361 g/mol. The molecule has 0 unspecified atom stereocenters. The minimum Gasteiger partial charge on any atom is -0.467 e. The van der Waals surface area contributed by atoms with E-state index >= 15 is 0 Å². The van der Waals surface area contributed by atoms with Crippen LogP contribution in [0.3, 0.4) is 0 Å². The summed E-state index contributed by atoms with van der Waals surface area (Å²) in [5.74, 6) is -0.724. The van der Waals surface area contributed by atoms with Gasteiger partial charge >= 0.3 is 6.18 Å². The van der Waals surface area contributed by atoms with Crippen molar-refractivity contribution in [3.63, 3.8) is 0 Å². The third-order valence-corrected chi connectivity index (χ3v) is 2.89. The molecule has 1 aliphatic heterocycles. The smallest absolute Gasteiger partial charge is 0.422 e. The lowest BCUT2D eigenvalue weighted by molar-refractivity contribution is -0.154. The van der Waals surface area contributed by atoms with Crippen LogP contribution in [0.4, 0.5) is 13.2 Å². The molecule has 126 valence electrons. The maximum atomic E-state index is 12.2. The van der Waals surface area contributed by atoms with Gasteiger partial charge in [-0.25, -0.2) is 4.98 Å². The van der Waals surface area contributed by atoms with Crippen LogP contribution in [0, 0.1) is 0 Å². The Labute approximate surface area is 137 Å². The Bertz CT molecular complexity index is 503. The molecule has 0 aliphatic carbocycles. The molecule has 1 saturated heterocycles. The number of nitrogens with two attached hydrogens (primary N) is 1. The first kappa shape index (κ1) is 20.8. The van der Waals surface area contributed by atoms with E-state index in [0.29, 0.717) is 19.5 Å². The molecule has 2 N–H and O–H groups in total. The van der Waals surface area contributed by atoms with Crippen LogP contribution < -0.4 is 10.5 Å². The van der Waals surface area contributed by atoms with Gasteiger partial charge in [0.2, 0.25) is 5.88 Å². The number of pyridine rings is 1. The molecular weight excluding hydrogens is 346 g/mol. The number of likely N-dealkylation sites (tertiary alicyclic amines) is 1. The summed E-state index contributed by atoms with van der Waals surface area (Å²) >= 11 is 0. The van der Waals surface area contributed by atoms with Crippen LogP contribution >= 0.6 is 24.8 Å². The highest BCUT2D eigenvalue weighted by molar-refractivity contribution is 5.96. The zero-order valence-corrected chi connectivity index (χ0v) is 13.0. The van der Waals surface area contributed by atoms with Crippen molar-refractivity contribution in [2.45, 2.75) is 18.6 Å². The first-order chi connectivity index (χ1) is 9.37. The second kappa shape index (κ2) is 8.40. The Morgan fingerprint density at radius 3 is 2.68 bits per heavy atom. The number of hydrogen-bond donors (Lipinski definition) is 1. The van der Waals surface area contributed by atoms with E-state index in [1.807, 2.05) is 0 Å². The molecule has 22 heavy (non-hydrogen) atoms. The second-order valence-electron chi connectivity index (χ2n) is 4.56. The molecule has 1 aromatic heterocycles. The Morgan fingerprint density at radius 2 is 2.14 bits per heavy atom. The Hall–Kier alpha value is -1.25. The van der Waals surface area contributed by atoms with Crippen LogP contribution in [-0.4, -0.2) is 47.7 Å². The lowest BCUT2D eigenvalue weighted by Gasteiger charge is -2.17. The molecule has 1 fully saturated rings. The van der Waals surface area contributed by atoms with E-state index < -0.39 is 18.7 Å². The van der Waals surface area contributed by atoms with Gasteiger partial charge in [0.1, 0.15) is 5.56 Å². The van der Waals surface area contributed by atoms with E-state index in [1.165, 1.54) is 23.2 Å². The number of carbonyl (C=O) groups excluding carboxylic acids is 1. The van der Waals surface area contributed by atoms with Gasteiger partial charge < -0.3 is 15.4 Å². The zero-order valence-electron chi connectivity index (χ0n) is 11.4. The third-order valence-electron chi connectivity index (χ3n) is 2.89. The fourth-order valence-corrected chi connectivity index (χ4v) is 1.96. The average Bonchev–Trinajstić information content (AvgIpc) is 2.82. The first-order valence-electron chi connectivity index (χ1n) is 6.06. The Kier molecular flexibility index (Phi) is 7.92. The molecule has 1 amide bonds. The van der Waals surface area contributed by atoms with Gasteiger partial charge in [0.15, 0.2) is 6.61 Å². The predicted molar refractivity (Wildman–Crippen MR) is 78.8 cm³/mol. The number of halogens is 5. The van der Waals surface area contributed by atoms with Crippen molar-refractivity contribution < 1.29 is 22.7 Å². The standard InChI is InChI=1S/C12H14F3N3O2.2ClH/c13-12(14,15)7-20-10-9(2-1-4-17-10)11(19)18-5-3-8(16)6-18;;/h1-2,4,8H,3,5-7,16H2;2*1H/t8-;;/m1../s1. The molecule has 0 bridgehead atoms. The minimum absolute atomic E-state index is 0. The van der Waals surface area contributed by atoms with Gasteiger partial charge in [-0.2, -0.15) is 13.2 Å². The second-order valence-corrected chi connectivity index (χ2v) is 4.56. The van der Waals surface area contributed by atoms with Gasteiger partial charge in [-0.1, -0.05) is 0 Å². The van der Waals surface area contributed by atoms with Crippen molar-refractivity contribution in [2.75, 3.05) is 19.7 Å². The average molecular weight is 362 g/mol. The molecule has 1 aliphatic rings. The number of amides is 1. The highest BCUT2D eigenvalue weighted by Gasteiger charge is 2.31. The molecule has 0 aromatic carbocycles. The summed E-state index contributed by atoms with van der Waals surface area (Å²) in [7, 11) is 0. The topological polar surface area (TPSA) is 68.5 Å². The highest BCUT2D eigenvalue weighted by Crippen LogP contribution is 2.22. The van der Waals surface area contributed by atoms with Crippen LogP contribution in [0.5, 0.6) is 5.88 Å². The largest absolute Gasteiger partial charge is 0.467 e. The lowest BCUT2D eigenvalue weighted by Crippen LogP contribution is -2.32. The van der Waals surface area contributed by atoms with E-state index in [1.54, 1.807) is 0 Å². The fraction of sp³-hybridized carbons (Fsp3) is 0.500. The molecule has 10 heteroatoms. The summed E-state index contributed by atoms with van der Waals surface area (Å²) in [6.45, 7) is -0.621. The number of hydrogen-bond acceptors (Lipinski definition) is 4. The Balaban J connectivity index is 0.00000220. The lowest BCUT2D eigenvalue weighted by atomic mass is 10.2. The van der Waals surface area contributed by atoms with E-state index in [0.717, 1.165) is 0 Å². The molecule has 2 rings (SSSR count). The van der Waals surface area contributed by atoms with Crippen molar-refractivity contribution in [3.05, 3.63) is 23.9 Å². The predicted octanol–water partition coefficient (Wildman–Crippen LogP) is 2.04. The van der Waals surface area contributed by atoms with Crippen LogP contribution in [0.1, 0.15) is 16.8 Å². The maximum Gasteiger partial charge on any atom is 0.422 e. The van der Waals surface area contributed by atoms with Crippen molar-refractivity contribution >= 4 is 30.7 Å². The molecule has 0 radical (unpaired) electrons. The van der Waals surface area contributed by atoms with Gasteiger partial charge in [0.25, 0.3) is 5.91 Å². The van der Waals surface area contributed by atoms with Gasteiger partial charge in [-0.3, -0.25) is 4.79 Å². The molecule has 1 aromatic rings. The summed E-state index contributed by atoms with van der Waals surface area (Å²) in [4.78, 5) is 17.4. The number of rotatable bonds is 3. The van der Waals surface area contributed by atoms with Gasteiger partial charge in [0, 0.05) is 25.3 Å². The van der Waals surface area contributed by atoms with Crippen molar-refractivity contribution in [3.8, 4) is 5.88 Å². The molecule has 2 heterocycles. The van der Waals surface area contributed by atoms with Crippen LogP contribution in [0.25, 0.3) is 0 Å². The quantitative estimate of drug-likeness (QED) is 0.894.